The SMILES string of the molecule is C=CC(C=O)c1c(Oc2ccc(C(F)(F)F)cc2Cl)cc(C(=O)O)c([N+](=O)[O-])c1COCC. The van der Waals surface area contributed by atoms with E-state index in [1.165, 1.54) is 0 Å². The first-order valence-corrected chi connectivity index (χ1v) is 9.61. The molecule has 12 heteroatoms. The number of alkyl halides is 3. The lowest BCUT2D eigenvalue weighted by Crippen LogP contribution is -2.14. The second-order valence-corrected chi connectivity index (χ2v) is 6.91. The summed E-state index contributed by atoms with van der Waals surface area (Å²) in [5.41, 5.74) is -3.02. The van der Waals surface area contributed by atoms with Crippen LogP contribution in [0.2, 0.25) is 5.02 Å². The number of ether oxygens (including phenoxy) is 2. The van der Waals surface area contributed by atoms with Crippen molar-refractivity contribution in [2.45, 2.75) is 25.6 Å². The Labute approximate surface area is 190 Å². The third-order valence-electron chi connectivity index (χ3n) is 4.48. The quantitative estimate of drug-likeness (QED) is 0.196. The second-order valence-electron chi connectivity index (χ2n) is 6.51. The van der Waals surface area contributed by atoms with Gasteiger partial charge in [0.05, 0.1) is 33.6 Å². The van der Waals surface area contributed by atoms with Gasteiger partial charge in [0.25, 0.3) is 5.69 Å². The van der Waals surface area contributed by atoms with Crippen LogP contribution in [0.5, 0.6) is 11.5 Å². The lowest BCUT2D eigenvalue weighted by atomic mass is 9.90. The molecule has 0 fully saturated rings. The molecule has 0 spiro atoms. The number of aldehydes is 1. The highest BCUT2D eigenvalue weighted by Gasteiger charge is 2.34. The molecule has 0 saturated carbocycles. The monoisotopic (exact) mass is 487 g/mol. The Morgan fingerprint density at radius 1 is 1.33 bits per heavy atom. The molecule has 2 aromatic carbocycles. The number of carbonyl (C=O) groups excluding carboxylic acids is 1. The smallest absolute Gasteiger partial charge is 0.416 e. The van der Waals surface area contributed by atoms with E-state index < -0.39 is 51.4 Å². The fourth-order valence-corrected chi connectivity index (χ4v) is 3.23. The first-order chi connectivity index (χ1) is 15.5. The molecular formula is C21H17ClF3NO7. The number of aromatic carboxylic acids is 1. The summed E-state index contributed by atoms with van der Waals surface area (Å²) in [6.07, 6.45) is -3.14. The Kier molecular flexibility index (Phi) is 8.18. The highest BCUT2D eigenvalue weighted by Crippen LogP contribution is 2.43. The number of nitro benzene ring substituents is 1. The molecule has 0 radical (unpaired) electrons. The van der Waals surface area contributed by atoms with Gasteiger partial charge in [0.15, 0.2) is 0 Å². The lowest BCUT2D eigenvalue weighted by Gasteiger charge is -2.20. The first-order valence-electron chi connectivity index (χ1n) is 9.23. The Hall–Kier alpha value is -3.44. The Morgan fingerprint density at radius 2 is 2.00 bits per heavy atom. The number of carboxylic acids is 1. The zero-order chi connectivity index (χ0) is 24.9. The molecule has 0 bridgehead atoms. The largest absolute Gasteiger partial charge is 0.477 e. The molecule has 0 aliphatic carbocycles. The predicted molar refractivity (Wildman–Crippen MR) is 111 cm³/mol. The van der Waals surface area contributed by atoms with Gasteiger partial charge in [-0.15, -0.1) is 6.58 Å². The number of rotatable bonds is 10. The van der Waals surface area contributed by atoms with E-state index in [1.54, 1.807) is 6.92 Å². The van der Waals surface area contributed by atoms with Crippen LogP contribution in [0.4, 0.5) is 18.9 Å². The van der Waals surface area contributed by atoms with Gasteiger partial charge in [0.2, 0.25) is 0 Å². The van der Waals surface area contributed by atoms with Crippen molar-refractivity contribution in [2.24, 2.45) is 0 Å². The minimum atomic E-state index is -4.67. The van der Waals surface area contributed by atoms with Crippen LogP contribution in [0.3, 0.4) is 0 Å². The summed E-state index contributed by atoms with van der Waals surface area (Å²) >= 11 is 5.93. The van der Waals surface area contributed by atoms with Gasteiger partial charge in [-0.3, -0.25) is 10.1 Å². The van der Waals surface area contributed by atoms with Crippen LogP contribution in [0.15, 0.2) is 36.9 Å². The summed E-state index contributed by atoms with van der Waals surface area (Å²) in [5.74, 6) is -3.50. The topological polar surface area (TPSA) is 116 Å². The molecule has 0 heterocycles. The maximum atomic E-state index is 12.9. The van der Waals surface area contributed by atoms with Crippen molar-refractivity contribution < 1.29 is 42.3 Å². The van der Waals surface area contributed by atoms with Gasteiger partial charge in [0, 0.05) is 18.2 Å². The number of carboxylic acid groups (broad SMARTS) is 1. The second kappa shape index (κ2) is 10.5. The highest BCUT2D eigenvalue weighted by atomic mass is 35.5. The fourth-order valence-electron chi connectivity index (χ4n) is 3.01. The number of nitro groups is 1. The maximum Gasteiger partial charge on any atom is 0.416 e. The van der Waals surface area contributed by atoms with Crippen molar-refractivity contribution in [1.82, 2.24) is 0 Å². The summed E-state index contributed by atoms with van der Waals surface area (Å²) in [5, 5.41) is 20.8. The molecule has 176 valence electrons. The van der Waals surface area contributed by atoms with E-state index in [2.05, 4.69) is 6.58 Å². The minimum Gasteiger partial charge on any atom is -0.477 e. The summed E-state index contributed by atoms with van der Waals surface area (Å²) in [4.78, 5) is 34.2. The maximum absolute atomic E-state index is 12.9. The average molecular weight is 488 g/mol. The van der Waals surface area contributed by atoms with Gasteiger partial charge < -0.3 is 19.4 Å². The van der Waals surface area contributed by atoms with E-state index in [1.807, 2.05) is 0 Å². The van der Waals surface area contributed by atoms with E-state index in [4.69, 9.17) is 21.1 Å². The number of nitrogens with zero attached hydrogens (tertiary/aromatic N) is 1. The predicted octanol–water partition coefficient (Wildman–Crippen LogP) is 5.76. The van der Waals surface area contributed by atoms with Crippen molar-refractivity contribution in [3.05, 3.63) is 74.3 Å². The van der Waals surface area contributed by atoms with Crippen LogP contribution in [-0.2, 0) is 22.3 Å². The lowest BCUT2D eigenvalue weighted by molar-refractivity contribution is -0.386. The van der Waals surface area contributed by atoms with Gasteiger partial charge >= 0.3 is 12.1 Å². The normalized spacial score (nSPS) is 12.2. The number of hydrogen-bond donors (Lipinski definition) is 1. The third-order valence-corrected chi connectivity index (χ3v) is 4.78. The van der Waals surface area contributed by atoms with E-state index >= 15 is 0 Å². The Bertz CT molecular complexity index is 1090. The number of benzene rings is 2. The molecule has 0 aliphatic heterocycles. The van der Waals surface area contributed by atoms with E-state index in [0.29, 0.717) is 18.4 Å². The standard InChI is InChI=1S/C21H17ClF3NO7/c1-3-11(9-27)18-14(10-32-4-2)19(26(30)31)13(20(28)29)8-17(18)33-16-6-5-12(7-15(16)22)21(23,24)25/h3,5-9,11H,1,4,10H2,2H3,(H,28,29). The zero-order valence-corrected chi connectivity index (χ0v) is 17.8. The molecular weight excluding hydrogens is 471 g/mol. The summed E-state index contributed by atoms with van der Waals surface area (Å²) in [6.45, 7) is 4.75. The Balaban J connectivity index is 2.83. The third kappa shape index (κ3) is 5.68. The molecule has 2 aromatic rings. The Morgan fingerprint density at radius 3 is 2.45 bits per heavy atom. The minimum absolute atomic E-state index is 0.106. The van der Waals surface area contributed by atoms with Crippen molar-refractivity contribution in [3.63, 3.8) is 0 Å². The van der Waals surface area contributed by atoms with Crippen LogP contribution in [-0.4, -0.2) is 28.9 Å². The molecule has 0 aliphatic rings. The van der Waals surface area contributed by atoms with Gasteiger partial charge in [-0.25, -0.2) is 4.79 Å². The van der Waals surface area contributed by atoms with Crippen molar-refractivity contribution in [2.75, 3.05) is 6.61 Å². The first kappa shape index (κ1) is 25.8. The molecule has 0 aromatic heterocycles. The van der Waals surface area contributed by atoms with E-state index in [0.717, 1.165) is 18.2 Å². The number of allylic oxidation sites excluding steroid dienone is 1. The van der Waals surface area contributed by atoms with Crippen LogP contribution in [0.1, 0.15) is 39.9 Å². The summed E-state index contributed by atoms with van der Waals surface area (Å²) in [6, 6.07) is 3.00. The fraction of sp³-hybridized carbons (Fsp3) is 0.238. The van der Waals surface area contributed by atoms with E-state index in [9.17, 15) is 38.0 Å². The van der Waals surface area contributed by atoms with E-state index in [-0.39, 0.29) is 29.2 Å². The van der Waals surface area contributed by atoms with Crippen molar-refractivity contribution in [3.8, 4) is 11.5 Å². The van der Waals surface area contributed by atoms with Gasteiger partial charge in [0.1, 0.15) is 23.3 Å². The molecule has 0 saturated heterocycles. The van der Waals surface area contributed by atoms with Crippen LogP contribution in [0, 0.1) is 10.1 Å². The molecule has 0 amide bonds. The molecule has 1 N–H and O–H groups in total. The molecule has 1 unspecified atom stereocenters. The summed E-state index contributed by atoms with van der Waals surface area (Å²) < 4.78 is 49.6. The van der Waals surface area contributed by atoms with Gasteiger partial charge in [-0.05, 0) is 25.1 Å². The molecule has 2 rings (SSSR count). The summed E-state index contributed by atoms with van der Waals surface area (Å²) in [7, 11) is 0. The molecule has 33 heavy (non-hydrogen) atoms. The van der Waals surface area contributed by atoms with Crippen LogP contribution in [0.25, 0.3) is 0 Å². The van der Waals surface area contributed by atoms with Crippen molar-refractivity contribution >= 4 is 29.5 Å². The average Bonchev–Trinajstić information content (AvgIpc) is 2.73. The highest BCUT2D eigenvalue weighted by molar-refractivity contribution is 6.32. The van der Waals surface area contributed by atoms with Crippen LogP contribution < -0.4 is 4.74 Å². The van der Waals surface area contributed by atoms with Gasteiger partial charge in [-0.2, -0.15) is 13.2 Å². The number of halogens is 4. The molecule has 8 nitrogen and oxygen atoms in total. The van der Waals surface area contributed by atoms with Crippen LogP contribution >= 0.6 is 11.6 Å². The number of carbonyl (C=O) groups is 2. The number of hydrogen-bond acceptors (Lipinski definition) is 6. The zero-order valence-electron chi connectivity index (χ0n) is 17.0. The van der Waals surface area contributed by atoms with Crippen molar-refractivity contribution in [1.29, 1.82) is 0 Å². The molecule has 1 atom stereocenters. The van der Waals surface area contributed by atoms with Gasteiger partial charge in [-0.1, -0.05) is 17.7 Å².